The third kappa shape index (κ3) is 4.92. The number of hydrogen-bond acceptors (Lipinski definition) is 4. The van der Waals surface area contributed by atoms with E-state index in [2.05, 4.69) is 20.1 Å². The monoisotopic (exact) mass is 494 g/mol. The lowest BCUT2D eigenvalue weighted by molar-refractivity contribution is -0.274. The van der Waals surface area contributed by atoms with Crippen molar-refractivity contribution in [1.82, 2.24) is 14.8 Å². The van der Waals surface area contributed by atoms with E-state index in [1.807, 2.05) is 30.3 Å². The van der Waals surface area contributed by atoms with Crippen LogP contribution in [0, 0.1) is 5.82 Å². The molecule has 0 saturated heterocycles. The number of fused-ring (bicyclic) bond motifs is 1. The molecule has 0 aliphatic rings. The molecule has 3 aromatic carbocycles. The number of aromatic nitrogens is 3. The summed E-state index contributed by atoms with van der Waals surface area (Å²) in [6.45, 7) is 0.0872. The summed E-state index contributed by atoms with van der Waals surface area (Å²) in [5.41, 5.74) is 2.68. The number of H-pyrrole nitrogens is 1. The lowest BCUT2D eigenvalue weighted by atomic mass is 10.1. The standard InChI is InChI=1S/C26H18F4N4O2/c27-18-6-4-5-16(13-18)23-22-14-17(15-31-19-9-11-21(12-10-19)36-26(28,29)30)25(35)32-24(22)34(33-23)20-7-2-1-3-8-20/h1-14,31H,15H2,(H,32,35). The number of rotatable bonds is 6. The van der Waals surface area contributed by atoms with Gasteiger partial charge in [-0.1, -0.05) is 30.3 Å². The predicted molar refractivity (Wildman–Crippen MR) is 128 cm³/mol. The van der Waals surface area contributed by atoms with Gasteiger partial charge in [-0.2, -0.15) is 5.10 Å². The molecule has 2 N–H and O–H groups in total. The van der Waals surface area contributed by atoms with E-state index >= 15 is 0 Å². The van der Waals surface area contributed by atoms with Crippen molar-refractivity contribution in [2.75, 3.05) is 5.32 Å². The molecule has 36 heavy (non-hydrogen) atoms. The molecule has 5 aromatic rings. The number of halogens is 4. The Kier molecular flexibility index (Phi) is 5.93. The van der Waals surface area contributed by atoms with E-state index in [0.717, 1.165) is 0 Å². The van der Waals surface area contributed by atoms with Crippen LogP contribution in [-0.2, 0) is 6.54 Å². The van der Waals surface area contributed by atoms with Crippen molar-refractivity contribution in [3.8, 4) is 22.7 Å². The first-order valence-corrected chi connectivity index (χ1v) is 10.8. The minimum Gasteiger partial charge on any atom is -0.406 e. The fourth-order valence-corrected chi connectivity index (χ4v) is 3.82. The van der Waals surface area contributed by atoms with Gasteiger partial charge in [0, 0.05) is 28.7 Å². The molecule has 2 aromatic heterocycles. The Morgan fingerprint density at radius 3 is 2.39 bits per heavy atom. The second-order valence-corrected chi connectivity index (χ2v) is 7.92. The summed E-state index contributed by atoms with van der Waals surface area (Å²) < 4.78 is 56.5. The molecular formula is C26H18F4N4O2. The van der Waals surface area contributed by atoms with Crippen LogP contribution >= 0.6 is 0 Å². The van der Waals surface area contributed by atoms with Crippen LogP contribution in [0.2, 0.25) is 0 Å². The van der Waals surface area contributed by atoms with Crippen LogP contribution in [0.15, 0.2) is 89.7 Å². The second-order valence-electron chi connectivity index (χ2n) is 7.92. The molecule has 0 unspecified atom stereocenters. The van der Waals surface area contributed by atoms with Crippen LogP contribution in [0.25, 0.3) is 28.0 Å². The number of para-hydroxylation sites is 1. The van der Waals surface area contributed by atoms with Crippen LogP contribution in [0.5, 0.6) is 5.75 Å². The van der Waals surface area contributed by atoms with Gasteiger partial charge < -0.3 is 15.0 Å². The van der Waals surface area contributed by atoms with E-state index in [1.54, 1.807) is 22.9 Å². The molecular weight excluding hydrogens is 476 g/mol. The Morgan fingerprint density at radius 1 is 0.944 bits per heavy atom. The number of anilines is 1. The van der Waals surface area contributed by atoms with Gasteiger partial charge in [0.15, 0.2) is 0 Å². The minimum atomic E-state index is -4.78. The molecule has 6 nitrogen and oxygen atoms in total. The van der Waals surface area contributed by atoms with Gasteiger partial charge in [-0.15, -0.1) is 13.2 Å². The van der Waals surface area contributed by atoms with Crippen LogP contribution in [0.3, 0.4) is 0 Å². The van der Waals surface area contributed by atoms with Crippen LogP contribution in [0.1, 0.15) is 5.56 Å². The number of hydrogen-bond donors (Lipinski definition) is 2. The first-order valence-electron chi connectivity index (χ1n) is 10.8. The molecule has 0 aliphatic heterocycles. The van der Waals surface area contributed by atoms with Crippen molar-refractivity contribution < 1.29 is 22.3 Å². The fourth-order valence-electron chi connectivity index (χ4n) is 3.82. The normalized spacial score (nSPS) is 11.6. The summed E-state index contributed by atoms with van der Waals surface area (Å²) in [7, 11) is 0. The number of nitrogens with zero attached hydrogens (tertiary/aromatic N) is 2. The van der Waals surface area contributed by atoms with Gasteiger partial charge in [0.05, 0.1) is 5.69 Å². The van der Waals surface area contributed by atoms with Crippen molar-refractivity contribution in [1.29, 1.82) is 0 Å². The highest BCUT2D eigenvalue weighted by Crippen LogP contribution is 2.29. The zero-order chi connectivity index (χ0) is 25.3. The average molecular weight is 494 g/mol. The van der Waals surface area contributed by atoms with Gasteiger partial charge in [0.25, 0.3) is 5.56 Å². The van der Waals surface area contributed by atoms with Crippen molar-refractivity contribution in [2.45, 2.75) is 12.9 Å². The van der Waals surface area contributed by atoms with E-state index in [4.69, 9.17) is 0 Å². The lowest BCUT2D eigenvalue weighted by Gasteiger charge is -2.10. The minimum absolute atomic E-state index is 0.0872. The molecule has 0 amide bonds. The molecule has 2 heterocycles. The first-order chi connectivity index (χ1) is 17.3. The van der Waals surface area contributed by atoms with Crippen molar-refractivity contribution in [2.24, 2.45) is 0 Å². The molecule has 0 atom stereocenters. The zero-order valence-electron chi connectivity index (χ0n) is 18.5. The smallest absolute Gasteiger partial charge is 0.406 e. The van der Waals surface area contributed by atoms with Crippen molar-refractivity contribution in [3.05, 3.63) is 107 Å². The summed E-state index contributed by atoms with van der Waals surface area (Å²) in [6, 6.07) is 22.1. The molecule has 0 bridgehead atoms. The maximum Gasteiger partial charge on any atom is 0.573 e. The SMILES string of the molecule is O=c1[nH]c2c(cc1CNc1ccc(OC(F)(F)F)cc1)c(-c1cccc(F)c1)nn2-c1ccccc1. The quantitative estimate of drug-likeness (QED) is 0.283. The topological polar surface area (TPSA) is 71.9 Å². The van der Waals surface area contributed by atoms with Crippen LogP contribution in [-0.4, -0.2) is 21.1 Å². The fraction of sp³-hybridized carbons (Fsp3) is 0.0769. The second kappa shape index (κ2) is 9.21. The highest BCUT2D eigenvalue weighted by Gasteiger charge is 2.31. The summed E-state index contributed by atoms with van der Waals surface area (Å²) in [5.74, 6) is -0.764. The number of aromatic amines is 1. The number of alkyl halides is 3. The van der Waals surface area contributed by atoms with Gasteiger partial charge in [-0.05, 0) is 54.6 Å². The third-order valence-electron chi connectivity index (χ3n) is 5.43. The largest absolute Gasteiger partial charge is 0.573 e. The maximum atomic E-state index is 14.0. The molecule has 182 valence electrons. The Labute approximate surface area is 201 Å². The summed E-state index contributed by atoms with van der Waals surface area (Å²) in [4.78, 5) is 15.8. The molecule has 0 fully saturated rings. The van der Waals surface area contributed by atoms with Gasteiger partial charge in [-0.25, -0.2) is 9.07 Å². The maximum absolute atomic E-state index is 14.0. The summed E-state index contributed by atoms with van der Waals surface area (Å²) in [6.07, 6.45) is -4.78. The lowest BCUT2D eigenvalue weighted by Crippen LogP contribution is -2.17. The Morgan fingerprint density at radius 2 is 1.69 bits per heavy atom. The summed E-state index contributed by atoms with van der Waals surface area (Å²) >= 11 is 0. The Balaban J connectivity index is 1.51. The first kappa shape index (κ1) is 23.2. The van der Waals surface area contributed by atoms with Gasteiger partial charge >= 0.3 is 6.36 Å². The molecule has 0 aliphatic carbocycles. The molecule has 10 heteroatoms. The van der Waals surface area contributed by atoms with Crippen molar-refractivity contribution in [3.63, 3.8) is 0 Å². The van der Waals surface area contributed by atoms with E-state index in [-0.39, 0.29) is 17.9 Å². The summed E-state index contributed by atoms with van der Waals surface area (Å²) in [5, 5.41) is 8.29. The highest BCUT2D eigenvalue weighted by molar-refractivity contribution is 5.92. The molecule has 0 saturated carbocycles. The zero-order valence-corrected chi connectivity index (χ0v) is 18.5. The van der Waals surface area contributed by atoms with Gasteiger partial charge in [0.2, 0.25) is 0 Å². The molecule has 0 spiro atoms. The average Bonchev–Trinajstić information content (AvgIpc) is 3.21. The number of ether oxygens (including phenoxy) is 1. The van der Waals surface area contributed by atoms with Gasteiger partial charge in [-0.3, -0.25) is 4.79 Å². The van der Waals surface area contributed by atoms with Crippen molar-refractivity contribution >= 4 is 16.7 Å². The van der Waals surface area contributed by atoms with Gasteiger partial charge in [0.1, 0.15) is 22.9 Å². The third-order valence-corrected chi connectivity index (χ3v) is 5.43. The number of pyridine rings is 1. The number of benzene rings is 3. The highest BCUT2D eigenvalue weighted by atomic mass is 19.4. The van der Waals surface area contributed by atoms with E-state index in [0.29, 0.717) is 39.2 Å². The Hall–Kier alpha value is -4.60. The predicted octanol–water partition coefficient (Wildman–Crippen LogP) is 6.03. The van der Waals surface area contributed by atoms with Crippen LogP contribution in [0.4, 0.5) is 23.2 Å². The van der Waals surface area contributed by atoms with E-state index in [9.17, 15) is 22.4 Å². The van der Waals surface area contributed by atoms with E-state index in [1.165, 1.54) is 36.4 Å². The molecule has 5 rings (SSSR count). The van der Waals surface area contributed by atoms with E-state index < -0.39 is 12.2 Å². The molecule has 0 radical (unpaired) electrons. The number of nitrogens with one attached hydrogen (secondary N) is 2. The Bertz CT molecular complexity index is 1580. The van der Waals surface area contributed by atoms with Crippen LogP contribution < -0.4 is 15.6 Å².